The molecule has 0 fully saturated rings. The van der Waals surface area contributed by atoms with Gasteiger partial charge in [-0.05, 0) is 24.3 Å². The van der Waals surface area contributed by atoms with Gasteiger partial charge in [0.15, 0.2) is 0 Å². The van der Waals surface area contributed by atoms with Crippen LogP contribution in [0.2, 0.25) is 0 Å². The molecule has 0 aliphatic carbocycles. The van der Waals surface area contributed by atoms with Crippen molar-refractivity contribution in [2.45, 2.75) is 11.0 Å². The number of benzene rings is 1. The van der Waals surface area contributed by atoms with Crippen LogP contribution in [-0.2, 0) is 14.8 Å². The molecule has 0 spiro atoms. The Balaban J connectivity index is 2.25. The molecule has 1 atom stereocenters. The van der Waals surface area contributed by atoms with Crippen molar-refractivity contribution in [3.05, 3.63) is 42.5 Å². The van der Waals surface area contributed by atoms with E-state index in [1.807, 2.05) is 0 Å². The molecule has 0 saturated heterocycles. The first-order valence-electron chi connectivity index (χ1n) is 6.79. The van der Waals surface area contributed by atoms with Crippen LogP contribution in [0, 0.1) is 5.82 Å². The summed E-state index contributed by atoms with van der Waals surface area (Å²) in [6, 6.07) is 5.21. The topological polar surface area (TPSA) is 84.7 Å². The molecule has 126 valence electrons. The number of aliphatic hydroxyl groups is 1. The zero-order valence-electron chi connectivity index (χ0n) is 12.8. The van der Waals surface area contributed by atoms with Crippen LogP contribution in [0.25, 0.3) is 5.69 Å². The van der Waals surface area contributed by atoms with Crippen molar-refractivity contribution in [3.8, 4) is 5.69 Å². The van der Waals surface area contributed by atoms with E-state index < -0.39 is 21.9 Å². The van der Waals surface area contributed by atoms with Gasteiger partial charge < -0.3 is 9.84 Å². The molecule has 1 aromatic heterocycles. The molecule has 7 nitrogen and oxygen atoms in total. The number of sulfonamides is 1. The Morgan fingerprint density at radius 2 is 2.22 bits per heavy atom. The molecule has 0 aliphatic rings. The molecule has 0 aliphatic heterocycles. The number of aliphatic hydroxyl groups excluding tert-OH is 1. The van der Waals surface area contributed by atoms with E-state index in [1.165, 1.54) is 37.2 Å². The second-order valence-corrected chi connectivity index (χ2v) is 7.00. The third-order valence-corrected chi connectivity index (χ3v) is 5.02. The van der Waals surface area contributed by atoms with Crippen molar-refractivity contribution in [2.75, 3.05) is 27.3 Å². The zero-order chi connectivity index (χ0) is 17.0. The first kappa shape index (κ1) is 17.5. The van der Waals surface area contributed by atoms with Gasteiger partial charge in [0.1, 0.15) is 11.5 Å². The molecule has 2 rings (SSSR count). The standard InChI is InChI=1S/C14H18FN3O4S/c1-17(9-11(19)10-22-2)23(20,21)12-4-5-14(13(15)8-12)18-7-3-6-16-18/h3-8,11,19H,9-10H2,1-2H3/t11-/m0/s1. The van der Waals surface area contributed by atoms with Crippen molar-refractivity contribution in [3.63, 3.8) is 0 Å². The first-order chi connectivity index (χ1) is 10.9. The number of hydrogen-bond donors (Lipinski definition) is 1. The van der Waals surface area contributed by atoms with Crippen molar-refractivity contribution in [2.24, 2.45) is 0 Å². The van der Waals surface area contributed by atoms with Crippen LogP contribution >= 0.6 is 0 Å². The highest BCUT2D eigenvalue weighted by molar-refractivity contribution is 7.89. The quantitative estimate of drug-likeness (QED) is 0.797. The third kappa shape index (κ3) is 3.94. The van der Waals surface area contributed by atoms with Gasteiger partial charge in [0.05, 0.1) is 17.6 Å². The highest BCUT2D eigenvalue weighted by atomic mass is 32.2. The minimum atomic E-state index is -3.91. The molecule has 1 heterocycles. The second kappa shape index (κ2) is 7.18. The van der Waals surface area contributed by atoms with E-state index >= 15 is 0 Å². The highest BCUT2D eigenvalue weighted by Crippen LogP contribution is 2.20. The van der Waals surface area contributed by atoms with Gasteiger partial charge >= 0.3 is 0 Å². The van der Waals surface area contributed by atoms with Crippen LogP contribution in [0.5, 0.6) is 0 Å². The maximum Gasteiger partial charge on any atom is 0.243 e. The van der Waals surface area contributed by atoms with Gasteiger partial charge in [-0.1, -0.05) is 0 Å². The van der Waals surface area contributed by atoms with Crippen LogP contribution in [-0.4, -0.2) is 61.0 Å². The van der Waals surface area contributed by atoms with Crippen molar-refractivity contribution in [1.29, 1.82) is 0 Å². The highest BCUT2D eigenvalue weighted by Gasteiger charge is 2.24. The summed E-state index contributed by atoms with van der Waals surface area (Å²) in [7, 11) is -1.20. The molecule has 1 N–H and O–H groups in total. The fraction of sp³-hybridized carbons (Fsp3) is 0.357. The van der Waals surface area contributed by atoms with Gasteiger partial charge in [0, 0.05) is 33.1 Å². The molecular weight excluding hydrogens is 325 g/mol. The largest absolute Gasteiger partial charge is 0.389 e. The van der Waals surface area contributed by atoms with E-state index in [0.717, 1.165) is 10.4 Å². The Bertz CT molecular complexity index is 749. The van der Waals surface area contributed by atoms with Crippen LogP contribution in [0.1, 0.15) is 0 Å². The van der Waals surface area contributed by atoms with Crippen LogP contribution < -0.4 is 0 Å². The Labute approximate surface area is 134 Å². The molecule has 0 bridgehead atoms. The summed E-state index contributed by atoms with van der Waals surface area (Å²) in [4.78, 5) is -0.196. The Morgan fingerprint density at radius 1 is 1.48 bits per heavy atom. The van der Waals surface area contributed by atoms with E-state index in [-0.39, 0.29) is 23.7 Å². The first-order valence-corrected chi connectivity index (χ1v) is 8.23. The summed E-state index contributed by atoms with van der Waals surface area (Å²) >= 11 is 0. The van der Waals surface area contributed by atoms with Crippen LogP contribution in [0.3, 0.4) is 0 Å². The van der Waals surface area contributed by atoms with E-state index in [4.69, 9.17) is 4.74 Å². The average molecular weight is 343 g/mol. The summed E-state index contributed by atoms with van der Waals surface area (Å²) < 4.78 is 46.0. The van der Waals surface area contributed by atoms with E-state index in [0.29, 0.717) is 0 Å². The minimum Gasteiger partial charge on any atom is -0.389 e. The predicted molar refractivity (Wildman–Crippen MR) is 81.2 cm³/mol. The fourth-order valence-corrected chi connectivity index (χ4v) is 3.29. The van der Waals surface area contributed by atoms with E-state index in [9.17, 15) is 17.9 Å². The number of ether oxygens (including phenoxy) is 1. The van der Waals surface area contributed by atoms with Gasteiger partial charge in [-0.25, -0.2) is 17.5 Å². The molecule has 0 unspecified atom stereocenters. The molecule has 23 heavy (non-hydrogen) atoms. The summed E-state index contributed by atoms with van der Waals surface area (Å²) in [5.74, 6) is -0.708. The van der Waals surface area contributed by atoms with Crippen LogP contribution in [0.4, 0.5) is 4.39 Å². The number of rotatable bonds is 7. The fourth-order valence-electron chi connectivity index (χ4n) is 2.07. The third-order valence-electron chi connectivity index (χ3n) is 3.21. The number of nitrogens with zero attached hydrogens (tertiary/aromatic N) is 3. The SMILES string of the molecule is COC[C@@H](O)CN(C)S(=O)(=O)c1ccc(-n2cccn2)c(F)c1. The Hall–Kier alpha value is -1.81. The lowest BCUT2D eigenvalue weighted by molar-refractivity contribution is 0.0554. The Morgan fingerprint density at radius 3 is 2.78 bits per heavy atom. The number of halogens is 1. The molecule has 0 radical (unpaired) electrons. The maximum absolute atomic E-state index is 14.2. The summed E-state index contributed by atoms with van der Waals surface area (Å²) in [5, 5.41) is 13.5. The number of hydrogen-bond acceptors (Lipinski definition) is 5. The van der Waals surface area contributed by atoms with Gasteiger partial charge in [0.25, 0.3) is 0 Å². The van der Waals surface area contributed by atoms with E-state index in [1.54, 1.807) is 12.3 Å². The van der Waals surface area contributed by atoms with E-state index in [2.05, 4.69) is 5.10 Å². The minimum absolute atomic E-state index is 0.00641. The summed E-state index contributed by atoms with van der Waals surface area (Å²) in [5.41, 5.74) is 0.149. The summed E-state index contributed by atoms with van der Waals surface area (Å²) in [6.45, 7) is -0.148. The second-order valence-electron chi connectivity index (χ2n) is 4.96. The molecule has 0 saturated carbocycles. The Kier molecular flexibility index (Phi) is 5.47. The lowest BCUT2D eigenvalue weighted by Gasteiger charge is -2.20. The monoisotopic (exact) mass is 343 g/mol. The molecule has 1 aromatic carbocycles. The van der Waals surface area contributed by atoms with Gasteiger partial charge in [-0.3, -0.25) is 0 Å². The zero-order valence-corrected chi connectivity index (χ0v) is 13.6. The summed E-state index contributed by atoms with van der Waals surface area (Å²) in [6.07, 6.45) is 2.09. The number of aromatic nitrogens is 2. The van der Waals surface area contributed by atoms with Crippen LogP contribution in [0.15, 0.2) is 41.6 Å². The lowest BCUT2D eigenvalue weighted by atomic mass is 10.3. The smallest absolute Gasteiger partial charge is 0.243 e. The number of likely N-dealkylation sites (N-methyl/N-ethyl adjacent to an activating group) is 1. The van der Waals surface area contributed by atoms with Gasteiger partial charge in [0.2, 0.25) is 10.0 Å². The lowest BCUT2D eigenvalue weighted by Crippen LogP contribution is -2.36. The molecule has 9 heteroatoms. The molecular formula is C14H18FN3O4S. The van der Waals surface area contributed by atoms with Crippen molar-refractivity contribution >= 4 is 10.0 Å². The molecule has 2 aromatic rings. The molecule has 0 amide bonds. The van der Waals surface area contributed by atoms with Crippen molar-refractivity contribution < 1.29 is 22.7 Å². The van der Waals surface area contributed by atoms with Gasteiger partial charge in [-0.2, -0.15) is 9.40 Å². The number of methoxy groups -OCH3 is 1. The normalized spacial score (nSPS) is 13.4. The van der Waals surface area contributed by atoms with Crippen molar-refractivity contribution in [1.82, 2.24) is 14.1 Å². The predicted octanol–water partition coefficient (Wildman–Crippen LogP) is 0.639. The average Bonchev–Trinajstić information content (AvgIpc) is 3.01. The van der Waals surface area contributed by atoms with Gasteiger partial charge in [-0.15, -0.1) is 0 Å². The maximum atomic E-state index is 14.2.